The summed E-state index contributed by atoms with van der Waals surface area (Å²) in [6, 6.07) is 0. The van der Waals surface area contributed by atoms with Crippen LogP contribution in [0.15, 0.2) is 12.2 Å². The predicted octanol–water partition coefficient (Wildman–Crippen LogP) is 4.71. The lowest BCUT2D eigenvalue weighted by Gasteiger charge is -2.23. The Morgan fingerprint density at radius 1 is 1.39 bits per heavy atom. The van der Waals surface area contributed by atoms with E-state index < -0.39 is 30.7 Å². The number of ether oxygens (including phenoxy) is 2. The van der Waals surface area contributed by atoms with Gasteiger partial charge in [-0.2, -0.15) is 0 Å². The summed E-state index contributed by atoms with van der Waals surface area (Å²) in [6.45, 7) is 2.04. The summed E-state index contributed by atoms with van der Waals surface area (Å²) in [5.74, 6) is -0.782. The Kier molecular flexibility index (Phi) is 10.1. The van der Waals surface area contributed by atoms with Crippen molar-refractivity contribution in [3.05, 3.63) is 12.2 Å². The normalized spacial score (nSPS) is 34.5. The van der Waals surface area contributed by atoms with E-state index >= 15 is 4.39 Å². The molecule has 162 valence electrons. The van der Waals surface area contributed by atoms with Gasteiger partial charge in [-0.3, -0.25) is 4.79 Å². The van der Waals surface area contributed by atoms with Crippen molar-refractivity contribution < 1.29 is 28.2 Å². The predicted molar refractivity (Wildman–Crippen MR) is 113 cm³/mol. The number of alkyl halides is 3. The number of hydrogen-bond acceptors (Lipinski definition) is 4. The second-order valence-electron chi connectivity index (χ2n) is 7.94. The van der Waals surface area contributed by atoms with Crippen molar-refractivity contribution in [1.82, 2.24) is 0 Å². The number of rotatable bonds is 11. The number of carbonyl (C=O) groups excluding carboxylic acids is 1. The summed E-state index contributed by atoms with van der Waals surface area (Å²) in [4.78, 5) is 11.2. The minimum Gasteiger partial charge on any atom is -0.469 e. The van der Waals surface area contributed by atoms with E-state index in [2.05, 4.69) is 27.3 Å². The second kappa shape index (κ2) is 11.8. The number of carbonyl (C=O) groups is 1. The third kappa shape index (κ3) is 6.36. The molecule has 4 nitrogen and oxygen atoms in total. The van der Waals surface area contributed by atoms with Gasteiger partial charge in [0, 0.05) is 16.3 Å². The zero-order chi connectivity index (χ0) is 20.7. The van der Waals surface area contributed by atoms with E-state index in [-0.39, 0.29) is 21.7 Å². The van der Waals surface area contributed by atoms with Crippen molar-refractivity contribution in [3.63, 3.8) is 0 Å². The Morgan fingerprint density at radius 2 is 2.14 bits per heavy atom. The highest BCUT2D eigenvalue weighted by atomic mass is 127. The van der Waals surface area contributed by atoms with Gasteiger partial charge in [-0.05, 0) is 38.0 Å². The van der Waals surface area contributed by atoms with Gasteiger partial charge in [0.05, 0.1) is 19.3 Å². The zero-order valence-corrected chi connectivity index (χ0v) is 18.9. The average Bonchev–Trinajstić information content (AvgIpc) is 3.17. The third-order valence-electron chi connectivity index (χ3n) is 5.85. The van der Waals surface area contributed by atoms with Crippen molar-refractivity contribution in [3.8, 4) is 0 Å². The summed E-state index contributed by atoms with van der Waals surface area (Å²) < 4.78 is 39.5. The van der Waals surface area contributed by atoms with Gasteiger partial charge in [0.25, 0.3) is 0 Å². The van der Waals surface area contributed by atoms with Gasteiger partial charge in [0.1, 0.15) is 18.4 Å². The van der Waals surface area contributed by atoms with Crippen LogP contribution in [0.1, 0.15) is 58.3 Å². The van der Waals surface area contributed by atoms with Gasteiger partial charge in [-0.1, -0.05) is 54.5 Å². The molecular formula is C21H33F2IO4. The maximum Gasteiger partial charge on any atom is 0.305 e. The fourth-order valence-electron chi connectivity index (χ4n) is 4.29. The molecule has 2 rings (SSSR count). The zero-order valence-electron chi connectivity index (χ0n) is 16.7. The van der Waals surface area contributed by atoms with Crippen molar-refractivity contribution in [2.45, 2.75) is 92.9 Å². The minimum atomic E-state index is -1.17. The van der Waals surface area contributed by atoms with Crippen LogP contribution in [0.4, 0.5) is 8.78 Å². The number of fused-ring (bicyclic) bond motifs is 1. The summed E-state index contributed by atoms with van der Waals surface area (Å²) in [7, 11) is 1.35. The quantitative estimate of drug-likeness (QED) is 0.188. The molecule has 3 unspecified atom stereocenters. The maximum atomic E-state index is 15.2. The fraction of sp³-hybridized carbons (Fsp3) is 0.857. The molecule has 1 aliphatic carbocycles. The summed E-state index contributed by atoms with van der Waals surface area (Å²) in [6.07, 6.45) is 4.64. The molecule has 0 amide bonds. The molecule has 1 saturated heterocycles. The number of hydrogen-bond donors (Lipinski definition) is 1. The first kappa shape index (κ1) is 24.0. The highest BCUT2D eigenvalue weighted by Crippen LogP contribution is 2.47. The Bertz CT molecular complexity index is 519. The molecule has 0 aromatic heterocycles. The molecule has 0 spiro atoms. The summed E-state index contributed by atoms with van der Waals surface area (Å²) in [5, 5.41) is 10.3. The lowest BCUT2D eigenvalue weighted by molar-refractivity contribution is -0.140. The number of aliphatic hydroxyl groups is 1. The largest absolute Gasteiger partial charge is 0.469 e. The highest BCUT2D eigenvalue weighted by Gasteiger charge is 2.56. The van der Waals surface area contributed by atoms with E-state index in [0.29, 0.717) is 38.5 Å². The lowest BCUT2D eigenvalue weighted by atomic mass is 9.88. The molecule has 8 atom stereocenters. The molecule has 0 radical (unpaired) electrons. The van der Waals surface area contributed by atoms with Crippen LogP contribution in [0, 0.1) is 11.8 Å². The monoisotopic (exact) mass is 514 g/mol. The number of halogens is 3. The SMILES string of the molecule is CCCC[C@@H](F)CC=C[C@H]1CC(O)[C@H]2OC(C(I)CCCC(=O)OC)[C@@H](F)[C@@H]21. The first-order chi connectivity index (χ1) is 13.4. The maximum absolute atomic E-state index is 15.2. The molecule has 1 heterocycles. The fourth-order valence-corrected chi connectivity index (χ4v) is 5.29. The molecule has 7 heteroatoms. The molecule has 0 bridgehead atoms. The highest BCUT2D eigenvalue weighted by molar-refractivity contribution is 14.1. The Balaban J connectivity index is 1.88. The van der Waals surface area contributed by atoms with E-state index in [9.17, 15) is 14.3 Å². The van der Waals surface area contributed by atoms with Crippen molar-refractivity contribution in [1.29, 1.82) is 0 Å². The molecule has 1 N–H and O–H groups in total. The first-order valence-corrected chi connectivity index (χ1v) is 11.6. The van der Waals surface area contributed by atoms with Gasteiger partial charge in [0.2, 0.25) is 0 Å². The van der Waals surface area contributed by atoms with Crippen LogP contribution in [0.5, 0.6) is 0 Å². The first-order valence-electron chi connectivity index (χ1n) is 10.4. The van der Waals surface area contributed by atoms with Crippen molar-refractivity contribution >= 4 is 28.6 Å². The van der Waals surface area contributed by atoms with E-state index in [1.165, 1.54) is 7.11 Å². The number of unbranched alkanes of at least 4 members (excludes halogenated alkanes) is 1. The van der Waals surface area contributed by atoms with Crippen molar-refractivity contribution in [2.75, 3.05) is 7.11 Å². The average molecular weight is 514 g/mol. The third-order valence-corrected chi connectivity index (χ3v) is 7.19. The van der Waals surface area contributed by atoms with Crippen LogP contribution in [0.2, 0.25) is 0 Å². The molecular weight excluding hydrogens is 481 g/mol. The molecule has 2 fully saturated rings. The summed E-state index contributed by atoms with van der Waals surface area (Å²) in [5.41, 5.74) is 0. The van der Waals surface area contributed by atoms with Gasteiger partial charge >= 0.3 is 5.97 Å². The smallest absolute Gasteiger partial charge is 0.305 e. The second-order valence-corrected chi connectivity index (χ2v) is 9.54. The number of methoxy groups -OCH3 is 1. The Hall–Kier alpha value is -0.280. The van der Waals surface area contributed by atoms with E-state index in [4.69, 9.17) is 4.74 Å². The van der Waals surface area contributed by atoms with Gasteiger partial charge < -0.3 is 14.6 Å². The van der Waals surface area contributed by atoms with Crippen LogP contribution in [-0.4, -0.2) is 52.8 Å². The number of esters is 1. The minimum absolute atomic E-state index is 0.0797. The topological polar surface area (TPSA) is 55.8 Å². The lowest BCUT2D eigenvalue weighted by Crippen LogP contribution is -2.32. The van der Waals surface area contributed by atoms with E-state index in [1.807, 2.05) is 13.0 Å². The Morgan fingerprint density at radius 3 is 2.82 bits per heavy atom. The van der Waals surface area contributed by atoms with Gasteiger partial charge in [0.15, 0.2) is 0 Å². The molecule has 28 heavy (non-hydrogen) atoms. The molecule has 1 saturated carbocycles. The van der Waals surface area contributed by atoms with Crippen LogP contribution in [-0.2, 0) is 14.3 Å². The summed E-state index contributed by atoms with van der Waals surface area (Å²) >= 11 is 2.18. The van der Waals surface area contributed by atoms with Crippen LogP contribution in [0.3, 0.4) is 0 Å². The molecule has 2 aliphatic rings. The number of aliphatic hydroxyl groups excluding tert-OH is 1. The van der Waals surface area contributed by atoms with Crippen LogP contribution < -0.4 is 0 Å². The van der Waals surface area contributed by atoms with E-state index in [0.717, 1.165) is 12.8 Å². The van der Waals surface area contributed by atoms with Crippen LogP contribution >= 0.6 is 22.6 Å². The molecule has 0 aromatic carbocycles. The van der Waals surface area contributed by atoms with Gasteiger partial charge in [-0.15, -0.1) is 0 Å². The Labute approximate surface area is 180 Å². The van der Waals surface area contributed by atoms with Crippen molar-refractivity contribution in [2.24, 2.45) is 11.8 Å². The van der Waals surface area contributed by atoms with E-state index in [1.54, 1.807) is 6.08 Å². The number of allylic oxidation sites excluding steroid dienone is 2. The molecule has 0 aromatic rings. The molecule has 1 aliphatic heterocycles. The van der Waals surface area contributed by atoms with Gasteiger partial charge in [-0.25, -0.2) is 8.78 Å². The van der Waals surface area contributed by atoms with Crippen LogP contribution in [0.25, 0.3) is 0 Å². The standard InChI is InChI=1S/C21H33F2IO4/c1-3-4-8-14(22)9-5-7-13-12-16(25)21-18(13)19(23)20(28-21)15(24)10-6-11-17(26)27-2/h5,7,13-16,18-21,25H,3-4,6,8-12H2,1-2H3/t13-,14+,15?,16?,18-,19-,20?,21+/m0/s1.